The van der Waals surface area contributed by atoms with Gasteiger partial charge in [0.05, 0.1) is 11.3 Å². The van der Waals surface area contributed by atoms with E-state index in [0.29, 0.717) is 37.6 Å². The van der Waals surface area contributed by atoms with Crippen LogP contribution in [-0.2, 0) is 20.9 Å². The summed E-state index contributed by atoms with van der Waals surface area (Å²) in [5, 5.41) is -0.309. The number of anilines is 2. The number of nitrogens with zero attached hydrogens (tertiary/aromatic N) is 4. The number of pyridine rings is 2. The SMILES string of the molecule is CC(C)(C)OC(=O)N1CCN(c2cccc(S(=O)(=O)Nc3ccc(C(F)(F)F)c(-c4ccccc4C4CC4)n3)n2)CC1. The minimum Gasteiger partial charge on any atom is -0.444 e. The molecule has 1 aliphatic carbocycles. The molecule has 2 aromatic heterocycles. The van der Waals surface area contributed by atoms with Crippen LogP contribution in [-0.4, -0.2) is 61.2 Å². The number of carbonyl (C=O) groups is 1. The van der Waals surface area contributed by atoms with E-state index in [0.717, 1.165) is 30.5 Å². The van der Waals surface area contributed by atoms with Crippen molar-refractivity contribution in [3.8, 4) is 11.3 Å². The van der Waals surface area contributed by atoms with Crippen molar-refractivity contribution in [1.82, 2.24) is 14.9 Å². The molecule has 1 saturated carbocycles. The van der Waals surface area contributed by atoms with Gasteiger partial charge in [0.15, 0.2) is 5.03 Å². The lowest BCUT2D eigenvalue weighted by molar-refractivity contribution is -0.137. The average Bonchev–Trinajstić information content (AvgIpc) is 3.77. The van der Waals surface area contributed by atoms with E-state index in [4.69, 9.17) is 4.74 Å². The van der Waals surface area contributed by atoms with Crippen LogP contribution in [0.3, 0.4) is 0 Å². The fourth-order valence-corrected chi connectivity index (χ4v) is 5.74. The van der Waals surface area contributed by atoms with E-state index in [-0.39, 0.29) is 22.5 Å². The molecule has 1 aromatic carbocycles. The molecule has 224 valence electrons. The molecule has 1 N–H and O–H groups in total. The number of halogens is 3. The number of carbonyl (C=O) groups excluding carboxylic acids is 1. The quantitative estimate of drug-likeness (QED) is 0.374. The Morgan fingerprint density at radius 2 is 1.62 bits per heavy atom. The minimum absolute atomic E-state index is 0.155. The van der Waals surface area contributed by atoms with Crippen molar-refractivity contribution in [3.05, 3.63) is 65.7 Å². The number of alkyl halides is 3. The van der Waals surface area contributed by atoms with E-state index < -0.39 is 33.5 Å². The third-order valence-electron chi connectivity index (χ3n) is 6.91. The van der Waals surface area contributed by atoms with Gasteiger partial charge >= 0.3 is 12.3 Å². The van der Waals surface area contributed by atoms with Gasteiger partial charge in [-0.25, -0.2) is 14.8 Å². The van der Waals surface area contributed by atoms with Crippen molar-refractivity contribution in [2.24, 2.45) is 0 Å². The van der Waals surface area contributed by atoms with Gasteiger partial charge in [-0.05, 0) is 69.4 Å². The molecule has 1 aliphatic heterocycles. The second-order valence-electron chi connectivity index (χ2n) is 11.3. The summed E-state index contributed by atoms with van der Waals surface area (Å²) in [5.41, 5.74) is -0.788. The van der Waals surface area contributed by atoms with E-state index in [1.807, 2.05) is 4.90 Å². The molecule has 1 amide bonds. The number of hydrogen-bond donors (Lipinski definition) is 1. The lowest BCUT2D eigenvalue weighted by Crippen LogP contribution is -2.50. The molecule has 0 radical (unpaired) electrons. The first-order valence-electron chi connectivity index (χ1n) is 13.6. The lowest BCUT2D eigenvalue weighted by atomic mass is 9.97. The molecule has 1 saturated heterocycles. The highest BCUT2D eigenvalue weighted by molar-refractivity contribution is 7.92. The van der Waals surface area contributed by atoms with Gasteiger partial charge in [-0.2, -0.15) is 21.6 Å². The first-order chi connectivity index (χ1) is 19.7. The number of rotatable bonds is 6. The number of aromatic nitrogens is 2. The number of nitrogens with one attached hydrogen (secondary N) is 1. The number of piperazine rings is 1. The van der Waals surface area contributed by atoms with E-state index in [1.165, 1.54) is 12.1 Å². The normalized spacial score (nSPS) is 16.3. The van der Waals surface area contributed by atoms with Crippen molar-refractivity contribution in [3.63, 3.8) is 0 Å². The zero-order valence-electron chi connectivity index (χ0n) is 23.5. The smallest absolute Gasteiger partial charge is 0.418 e. The second-order valence-corrected chi connectivity index (χ2v) is 13.0. The van der Waals surface area contributed by atoms with Crippen molar-refractivity contribution >= 4 is 27.8 Å². The Bertz CT molecular complexity index is 1580. The molecule has 13 heteroatoms. The van der Waals surface area contributed by atoms with Gasteiger partial charge in [0.2, 0.25) is 0 Å². The Balaban J connectivity index is 1.36. The maximum absolute atomic E-state index is 14.0. The first kappa shape index (κ1) is 29.6. The van der Waals surface area contributed by atoms with E-state index >= 15 is 0 Å². The number of benzene rings is 1. The van der Waals surface area contributed by atoms with Crippen molar-refractivity contribution in [1.29, 1.82) is 0 Å². The Morgan fingerprint density at radius 3 is 2.26 bits per heavy atom. The summed E-state index contributed by atoms with van der Waals surface area (Å²) in [6.45, 7) is 6.93. The van der Waals surface area contributed by atoms with E-state index in [1.54, 1.807) is 56.0 Å². The zero-order valence-corrected chi connectivity index (χ0v) is 24.3. The van der Waals surface area contributed by atoms with Gasteiger partial charge in [0.1, 0.15) is 17.2 Å². The minimum atomic E-state index is -4.68. The maximum Gasteiger partial charge on any atom is 0.418 e. The largest absolute Gasteiger partial charge is 0.444 e. The maximum atomic E-state index is 14.0. The summed E-state index contributed by atoms with van der Waals surface area (Å²) in [6.07, 6.45) is -3.34. The number of sulfonamides is 1. The van der Waals surface area contributed by atoms with E-state index in [9.17, 15) is 26.4 Å². The molecule has 0 atom stereocenters. The van der Waals surface area contributed by atoms with Crippen LogP contribution in [0.15, 0.2) is 59.6 Å². The van der Waals surface area contributed by atoms with Crippen LogP contribution in [0, 0.1) is 0 Å². The van der Waals surface area contributed by atoms with Crippen LogP contribution in [0.1, 0.15) is 50.7 Å². The highest BCUT2D eigenvalue weighted by atomic mass is 32.2. The van der Waals surface area contributed by atoms with Crippen LogP contribution >= 0.6 is 0 Å². The molecule has 3 heterocycles. The monoisotopic (exact) mass is 603 g/mol. The highest BCUT2D eigenvalue weighted by Gasteiger charge is 2.37. The number of ether oxygens (including phenoxy) is 1. The molecule has 42 heavy (non-hydrogen) atoms. The van der Waals surface area contributed by atoms with Crippen LogP contribution < -0.4 is 9.62 Å². The third-order valence-corrected chi connectivity index (χ3v) is 8.17. The predicted molar refractivity (Wildman–Crippen MR) is 152 cm³/mol. The highest BCUT2D eigenvalue weighted by Crippen LogP contribution is 2.46. The van der Waals surface area contributed by atoms with E-state index in [2.05, 4.69) is 14.7 Å². The molecule has 2 aliphatic rings. The van der Waals surface area contributed by atoms with Gasteiger partial charge in [-0.15, -0.1) is 0 Å². The van der Waals surface area contributed by atoms with Gasteiger partial charge in [-0.3, -0.25) is 4.72 Å². The zero-order chi connectivity index (χ0) is 30.3. The molecule has 2 fully saturated rings. The molecular formula is C29H32F3N5O4S. The van der Waals surface area contributed by atoms with Gasteiger partial charge in [-0.1, -0.05) is 30.3 Å². The van der Waals surface area contributed by atoms with Crippen molar-refractivity contribution in [2.45, 2.75) is 56.3 Å². The molecule has 0 spiro atoms. The lowest BCUT2D eigenvalue weighted by Gasteiger charge is -2.36. The van der Waals surface area contributed by atoms with Crippen LogP contribution in [0.4, 0.5) is 29.6 Å². The number of amides is 1. The Morgan fingerprint density at radius 1 is 0.929 bits per heavy atom. The Hall–Kier alpha value is -3.87. The molecule has 3 aromatic rings. The van der Waals surface area contributed by atoms with Crippen LogP contribution in [0.2, 0.25) is 0 Å². The van der Waals surface area contributed by atoms with Crippen molar-refractivity contribution < 1.29 is 31.1 Å². The van der Waals surface area contributed by atoms with Crippen LogP contribution in [0.5, 0.6) is 0 Å². The predicted octanol–water partition coefficient (Wildman–Crippen LogP) is 5.90. The topological polar surface area (TPSA) is 105 Å². The first-order valence-corrected chi connectivity index (χ1v) is 15.1. The summed E-state index contributed by atoms with van der Waals surface area (Å²) in [7, 11) is -4.30. The summed E-state index contributed by atoms with van der Waals surface area (Å²) < 4.78 is 76.2. The second kappa shape index (κ2) is 11.1. The van der Waals surface area contributed by atoms with Gasteiger partial charge in [0.25, 0.3) is 10.0 Å². The molecule has 0 bridgehead atoms. The summed E-state index contributed by atoms with van der Waals surface area (Å²) >= 11 is 0. The molecule has 5 rings (SSSR count). The summed E-state index contributed by atoms with van der Waals surface area (Å²) in [6, 6.07) is 13.1. The van der Waals surface area contributed by atoms with Crippen LogP contribution in [0.25, 0.3) is 11.3 Å². The van der Waals surface area contributed by atoms with Crippen molar-refractivity contribution in [2.75, 3.05) is 35.8 Å². The molecule has 9 nitrogen and oxygen atoms in total. The van der Waals surface area contributed by atoms with Gasteiger partial charge in [0, 0.05) is 31.7 Å². The Labute approximate surface area is 242 Å². The fourth-order valence-electron chi connectivity index (χ4n) is 4.78. The Kier molecular flexibility index (Phi) is 7.82. The molecular weight excluding hydrogens is 571 g/mol. The molecule has 0 unspecified atom stereocenters. The summed E-state index contributed by atoms with van der Waals surface area (Å²) in [4.78, 5) is 24.3. The third kappa shape index (κ3) is 6.77. The summed E-state index contributed by atoms with van der Waals surface area (Å²) in [5.74, 6) is 0.297. The fraction of sp³-hybridized carbons (Fsp3) is 0.414. The van der Waals surface area contributed by atoms with Gasteiger partial charge < -0.3 is 14.5 Å². The average molecular weight is 604 g/mol. The standard InChI is InChI=1S/C29H32F3N5O4S/c1-28(2,3)41-27(38)37-17-15-36(16-18-37)24-9-6-10-25(34-24)42(39,40)35-23-14-13-22(29(30,31)32)26(33-23)21-8-5-4-7-20(21)19-11-12-19/h4-10,13-14,19H,11-12,15-18H2,1-3H3,(H,33,35). The number of hydrogen-bond acceptors (Lipinski definition) is 7.